The Kier molecular flexibility index (Phi) is 3.70. The third-order valence-corrected chi connectivity index (χ3v) is 8.33. The lowest BCUT2D eigenvalue weighted by Gasteiger charge is -2.21. The monoisotopic (exact) mass is 419 g/mol. The molecule has 2 heterocycles. The summed E-state index contributed by atoms with van der Waals surface area (Å²) < 4.78 is 2.58. The van der Waals surface area contributed by atoms with Gasteiger partial charge in [0.25, 0.3) is 0 Å². The molecule has 0 spiro atoms. The summed E-state index contributed by atoms with van der Waals surface area (Å²) in [6, 6.07) is 13.6. The predicted octanol–water partition coefficient (Wildman–Crippen LogP) is 4.74. The number of hydrogen-bond acceptors (Lipinski definition) is 1. The molecule has 2 aromatic heterocycles. The van der Waals surface area contributed by atoms with Crippen molar-refractivity contribution in [2.45, 2.75) is 30.8 Å². The molecule has 31 heavy (non-hydrogen) atoms. The molecule has 152 valence electrons. The molecule has 0 amide bonds. The van der Waals surface area contributed by atoms with Crippen LogP contribution in [0.3, 0.4) is 0 Å². The third kappa shape index (κ3) is 2.52. The molecular weight excluding hydrogens is 394 g/mol. The molecule has 7 rings (SSSR count). The highest BCUT2D eigenvalue weighted by Gasteiger charge is 2.27. The highest BCUT2D eigenvalue weighted by Crippen LogP contribution is 2.31. The van der Waals surface area contributed by atoms with E-state index in [0.29, 0.717) is 22.3 Å². The zero-order valence-electron chi connectivity index (χ0n) is 17.9. The van der Waals surface area contributed by atoms with Crippen molar-refractivity contribution in [2.24, 2.45) is 11.8 Å². The van der Waals surface area contributed by atoms with Crippen LogP contribution in [-0.4, -0.2) is 14.9 Å². The Balaban J connectivity index is 1.66. The minimum Gasteiger partial charge on any atom is -0.309 e. The Labute approximate surface area is 186 Å². The van der Waals surface area contributed by atoms with Crippen molar-refractivity contribution in [1.82, 2.24) is 4.40 Å². The molecule has 2 heteroatoms. The first kappa shape index (κ1) is 17.9. The van der Waals surface area contributed by atoms with Crippen molar-refractivity contribution >= 4 is 57.2 Å². The Bertz CT molecular complexity index is 1630. The molecule has 3 aliphatic rings. The molecule has 3 aliphatic carbocycles. The van der Waals surface area contributed by atoms with Gasteiger partial charge in [-0.1, -0.05) is 80.6 Å². The van der Waals surface area contributed by atoms with Crippen LogP contribution < -0.4 is 15.8 Å². The van der Waals surface area contributed by atoms with Gasteiger partial charge in [-0.25, -0.2) is 0 Å². The van der Waals surface area contributed by atoms with E-state index in [1.54, 1.807) is 5.56 Å². The van der Waals surface area contributed by atoms with E-state index in [4.69, 9.17) is 0 Å². The number of thioether (sulfide) groups is 1. The Morgan fingerprint density at radius 2 is 1.65 bits per heavy atom. The second kappa shape index (κ2) is 6.40. The molecule has 0 N–H and O–H groups in total. The second-order valence-electron chi connectivity index (χ2n) is 9.44. The van der Waals surface area contributed by atoms with Gasteiger partial charge in [0.2, 0.25) is 0 Å². The molecule has 4 aromatic rings. The topological polar surface area (TPSA) is 4.41 Å². The van der Waals surface area contributed by atoms with Crippen LogP contribution in [0.2, 0.25) is 0 Å². The fourth-order valence-electron chi connectivity index (χ4n) is 5.91. The summed E-state index contributed by atoms with van der Waals surface area (Å²) in [5.74, 6) is 0.946. The maximum Gasteiger partial charge on any atom is 0.0577 e. The van der Waals surface area contributed by atoms with Gasteiger partial charge in [-0.3, -0.25) is 0 Å². The fraction of sp³-hybridized carbons (Fsp3) is 0.241. The van der Waals surface area contributed by atoms with Crippen molar-refractivity contribution < 1.29 is 0 Å². The first-order valence-corrected chi connectivity index (χ1v) is 12.3. The average Bonchev–Trinajstić information content (AvgIpc) is 3.25. The average molecular weight is 420 g/mol. The van der Waals surface area contributed by atoms with Crippen LogP contribution >= 0.6 is 11.8 Å². The SMILES string of the molecule is CC(C)SC1C=c2c3cc4ccccc4cc3n3c4c(c(c23)C1)=CC1C=CC=CC1C=4. The van der Waals surface area contributed by atoms with Gasteiger partial charge < -0.3 is 4.40 Å². The van der Waals surface area contributed by atoms with Crippen LogP contribution in [0.5, 0.6) is 0 Å². The minimum atomic E-state index is 0.461. The normalized spacial score (nSPS) is 23.6. The predicted molar refractivity (Wildman–Crippen MR) is 136 cm³/mol. The first-order valence-electron chi connectivity index (χ1n) is 11.4. The Morgan fingerprint density at radius 3 is 2.42 bits per heavy atom. The van der Waals surface area contributed by atoms with E-state index in [9.17, 15) is 0 Å². The van der Waals surface area contributed by atoms with E-state index in [-0.39, 0.29) is 0 Å². The molecular formula is C29H25NS. The maximum absolute atomic E-state index is 2.58. The van der Waals surface area contributed by atoms with E-state index in [1.807, 2.05) is 0 Å². The van der Waals surface area contributed by atoms with Gasteiger partial charge in [-0.15, -0.1) is 0 Å². The summed E-state index contributed by atoms with van der Waals surface area (Å²) in [7, 11) is 0. The molecule has 0 bridgehead atoms. The molecule has 0 fully saturated rings. The number of allylic oxidation sites excluding steroid dienone is 4. The lowest BCUT2D eigenvalue weighted by molar-refractivity contribution is 0.719. The maximum atomic E-state index is 2.58. The first-order chi connectivity index (χ1) is 15.2. The standard InChI is InChI=1S/C29H25NS/c1-17(2)31-22-15-25-23-11-18-7-3-5-9-20(18)13-27(23)30-28-14-21-10-6-4-8-19(21)12-24(28)26(16-22)29(25)30/h3-15,17,19,21-22H,16H2,1-2H3. The van der Waals surface area contributed by atoms with E-state index in [1.165, 1.54) is 43.0 Å². The third-order valence-electron chi connectivity index (χ3n) is 7.14. The molecule has 1 nitrogen and oxygen atoms in total. The Hall–Kier alpha value is -2.71. The van der Waals surface area contributed by atoms with Crippen LogP contribution in [0.25, 0.3) is 45.4 Å². The summed E-state index contributed by atoms with van der Waals surface area (Å²) in [6.45, 7) is 4.64. The zero-order valence-corrected chi connectivity index (χ0v) is 18.7. The molecule has 0 saturated carbocycles. The van der Waals surface area contributed by atoms with Crippen molar-refractivity contribution in [3.63, 3.8) is 0 Å². The van der Waals surface area contributed by atoms with E-state index < -0.39 is 0 Å². The summed E-state index contributed by atoms with van der Waals surface area (Å²) >= 11 is 2.10. The van der Waals surface area contributed by atoms with Crippen LogP contribution in [0.4, 0.5) is 0 Å². The van der Waals surface area contributed by atoms with Crippen molar-refractivity contribution in [3.8, 4) is 0 Å². The van der Waals surface area contributed by atoms with Gasteiger partial charge in [0, 0.05) is 32.9 Å². The molecule has 3 unspecified atom stereocenters. The quantitative estimate of drug-likeness (QED) is 0.454. The summed E-state index contributed by atoms with van der Waals surface area (Å²) in [5, 5.41) is 9.56. The summed E-state index contributed by atoms with van der Waals surface area (Å²) in [5.41, 5.74) is 4.37. The number of hydrogen-bond donors (Lipinski definition) is 0. The van der Waals surface area contributed by atoms with Gasteiger partial charge >= 0.3 is 0 Å². The minimum absolute atomic E-state index is 0.461. The Morgan fingerprint density at radius 1 is 0.903 bits per heavy atom. The smallest absolute Gasteiger partial charge is 0.0577 e. The van der Waals surface area contributed by atoms with Crippen LogP contribution in [0, 0.1) is 11.8 Å². The van der Waals surface area contributed by atoms with Crippen LogP contribution in [-0.2, 0) is 6.42 Å². The van der Waals surface area contributed by atoms with Gasteiger partial charge in [0.1, 0.15) is 0 Å². The van der Waals surface area contributed by atoms with Crippen molar-refractivity contribution in [1.29, 1.82) is 0 Å². The number of fused-ring (bicyclic) bond motifs is 8. The number of benzene rings is 2. The van der Waals surface area contributed by atoms with Crippen LogP contribution in [0.15, 0.2) is 60.7 Å². The van der Waals surface area contributed by atoms with E-state index in [2.05, 4.69) is 109 Å². The summed E-state index contributed by atoms with van der Waals surface area (Å²) in [4.78, 5) is 0. The lowest BCUT2D eigenvalue weighted by Crippen LogP contribution is -2.35. The van der Waals surface area contributed by atoms with Gasteiger partial charge in [0.15, 0.2) is 0 Å². The second-order valence-corrected chi connectivity index (χ2v) is 11.3. The molecule has 0 aliphatic heterocycles. The fourth-order valence-corrected chi connectivity index (χ4v) is 7.08. The largest absolute Gasteiger partial charge is 0.309 e. The van der Waals surface area contributed by atoms with Crippen molar-refractivity contribution in [2.75, 3.05) is 0 Å². The highest BCUT2D eigenvalue weighted by atomic mass is 32.2. The summed E-state index contributed by atoms with van der Waals surface area (Å²) in [6.07, 6.45) is 17.9. The number of aromatic nitrogens is 1. The van der Waals surface area contributed by atoms with Crippen LogP contribution in [0.1, 0.15) is 19.4 Å². The molecule has 3 atom stereocenters. The molecule has 2 aromatic carbocycles. The highest BCUT2D eigenvalue weighted by molar-refractivity contribution is 8.00. The van der Waals surface area contributed by atoms with Gasteiger partial charge in [-0.2, -0.15) is 11.8 Å². The molecule has 0 radical (unpaired) electrons. The van der Waals surface area contributed by atoms with E-state index in [0.717, 1.165) is 6.42 Å². The zero-order chi connectivity index (χ0) is 20.7. The van der Waals surface area contributed by atoms with Gasteiger partial charge in [0.05, 0.1) is 16.4 Å². The van der Waals surface area contributed by atoms with E-state index >= 15 is 0 Å². The number of nitrogens with zero attached hydrogens (tertiary/aromatic N) is 1. The molecule has 0 saturated heterocycles. The number of rotatable bonds is 2. The van der Waals surface area contributed by atoms with Gasteiger partial charge in [-0.05, 0) is 40.1 Å². The van der Waals surface area contributed by atoms with Crippen molar-refractivity contribution in [3.05, 3.63) is 82.1 Å². The lowest BCUT2D eigenvalue weighted by atomic mass is 9.84.